The van der Waals surface area contributed by atoms with Gasteiger partial charge in [-0.3, -0.25) is 9.78 Å². The molecule has 1 N–H and O–H groups in total. The van der Waals surface area contributed by atoms with Gasteiger partial charge in [-0.05, 0) is 43.0 Å². The molecule has 0 aliphatic carbocycles. The van der Waals surface area contributed by atoms with E-state index in [9.17, 15) is 13.2 Å². The molecule has 0 saturated carbocycles. The summed E-state index contributed by atoms with van der Waals surface area (Å²) in [4.78, 5) is 22.5. The molecule has 0 bridgehead atoms. The van der Waals surface area contributed by atoms with E-state index in [-0.39, 0.29) is 5.91 Å². The van der Waals surface area contributed by atoms with Gasteiger partial charge < -0.3 is 10.2 Å². The van der Waals surface area contributed by atoms with Crippen molar-refractivity contribution in [3.63, 3.8) is 0 Å². The lowest BCUT2D eigenvalue weighted by molar-refractivity contribution is 0.0939. The molecule has 9 heteroatoms. The standard InChI is InChI=1S/C19H25N5O3S/c1-23(2)28(26,27)17-5-3-16(4-6-17)24-11-7-15(8-12-24)13-22-19(25)18-14-20-9-10-21-18/h3-6,9-10,14-15H,7-8,11-13H2,1-2H3,(H,22,25). The SMILES string of the molecule is CN(C)S(=O)(=O)c1ccc(N2CCC(CNC(=O)c3cnccn3)CC2)cc1. The molecule has 0 atom stereocenters. The molecule has 1 aromatic heterocycles. The second-order valence-corrected chi connectivity index (χ2v) is 9.16. The third-order valence-electron chi connectivity index (χ3n) is 4.94. The van der Waals surface area contributed by atoms with Gasteiger partial charge in [-0.2, -0.15) is 0 Å². The van der Waals surface area contributed by atoms with Gasteiger partial charge in [0.25, 0.3) is 5.91 Å². The van der Waals surface area contributed by atoms with Crippen molar-refractivity contribution in [3.8, 4) is 0 Å². The van der Waals surface area contributed by atoms with Crippen molar-refractivity contribution in [1.82, 2.24) is 19.6 Å². The Kier molecular flexibility index (Phi) is 6.25. The molecule has 1 aliphatic heterocycles. The van der Waals surface area contributed by atoms with Crippen LogP contribution in [-0.2, 0) is 10.0 Å². The number of benzene rings is 1. The van der Waals surface area contributed by atoms with Crippen LogP contribution in [0.1, 0.15) is 23.3 Å². The van der Waals surface area contributed by atoms with Crippen LogP contribution < -0.4 is 10.2 Å². The lowest BCUT2D eigenvalue weighted by atomic mass is 9.96. The first kappa shape index (κ1) is 20.2. The summed E-state index contributed by atoms with van der Waals surface area (Å²) in [6.07, 6.45) is 6.41. The number of amides is 1. The first-order valence-corrected chi connectivity index (χ1v) is 10.6. The van der Waals surface area contributed by atoms with Gasteiger partial charge in [0.1, 0.15) is 5.69 Å². The number of nitrogens with zero attached hydrogens (tertiary/aromatic N) is 4. The molecule has 0 radical (unpaired) electrons. The van der Waals surface area contributed by atoms with Gasteiger partial charge >= 0.3 is 0 Å². The largest absolute Gasteiger partial charge is 0.372 e. The highest BCUT2D eigenvalue weighted by Gasteiger charge is 2.22. The van der Waals surface area contributed by atoms with Crippen molar-refractivity contribution >= 4 is 21.6 Å². The molecule has 8 nitrogen and oxygen atoms in total. The normalized spacial score (nSPS) is 15.6. The average molecular weight is 404 g/mol. The quantitative estimate of drug-likeness (QED) is 0.783. The summed E-state index contributed by atoms with van der Waals surface area (Å²) in [5, 5.41) is 2.93. The number of aromatic nitrogens is 2. The van der Waals surface area contributed by atoms with Crippen LogP contribution in [0.2, 0.25) is 0 Å². The van der Waals surface area contributed by atoms with Crippen LogP contribution in [0.5, 0.6) is 0 Å². The van der Waals surface area contributed by atoms with E-state index in [1.54, 1.807) is 12.1 Å². The Morgan fingerprint density at radius 1 is 1.18 bits per heavy atom. The van der Waals surface area contributed by atoms with Crippen molar-refractivity contribution in [2.75, 3.05) is 38.6 Å². The Morgan fingerprint density at radius 3 is 2.43 bits per heavy atom. The zero-order valence-corrected chi connectivity index (χ0v) is 16.9. The number of hydrogen-bond acceptors (Lipinski definition) is 6. The van der Waals surface area contributed by atoms with Crippen molar-refractivity contribution in [1.29, 1.82) is 0 Å². The minimum absolute atomic E-state index is 0.201. The Morgan fingerprint density at radius 2 is 1.86 bits per heavy atom. The van der Waals surface area contributed by atoms with E-state index in [2.05, 4.69) is 20.2 Å². The third kappa shape index (κ3) is 4.66. The number of nitrogens with one attached hydrogen (secondary N) is 1. The van der Waals surface area contributed by atoms with Gasteiger partial charge in [0.05, 0.1) is 11.1 Å². The van der Waals surface area contributed by atoms with Crippen molar-refractivity contribution in [2.45, 2.75) is 17.7 Å². The van der Waals surface area contributed by atoms with Crippen molar-refractivity contribution in [2.24, 2.45) is 5.92 Å². The monoisotopic (exact) mass is 403 g/mol. The Hall–Kier alpha value is -2.52. The number of carbonyl (C=O) groups excluding carboxylic acids is 1. The highest BCUT2D eigenvalue weighted by Crippen LogP contribution is 2.25. The van der Waals surface area contributed by atoms with Crippen molar-refractivity contribution < 1.29 is 13.2 Å². The summed E-state index contributed by atoms with van der Waals surface area (Å²) in [7, 11) is -0.357. The predicted molar refractivity (Wildman–Crippen MR) is 107 cm³/mol. The van der Waals surface area contributed by atoms with Crippen LogP contribution in [0.25, 0.3) is 0 Å². The highest BCUT2D eigenvalue weighted by molar-refractivity contribution is 7.89. The van der Waals surface area contributed by atoms with Crippen LogP contribution >= 0.6 is 0 Å². The van der Waals surface area contributed by atoms with Gasteiger partial charge in [-0.25, -0.2) is 17.7 Å². The van der Waals surface area contributed by atoms with Gasteiger partial charge in [0.15, 0.2) is 0 Å². The number of hydrogen-bond donors (Lipinski definition) is 1. The lowest BCUT2D eigenvalue weighted by Crippen LogP contribution is -2.38. The van der Waals surface area contributed by atoms with Crippen molar-refractivity contribution in [3.05, 3.63) is 48.5 Å². The van der Waals surface area contributed by atoms with Crippen LogP contribution in [0.4, 0.5) is 5.69 Å². The Balaban J connectivity index is 1.51. The first-order valence-electron chi connectivity index (χ1n) is 9.19. The van der Waals surface area contributed by atoms with E-state index in [0.717, 1.165) is 31.6 Å². The van der Waals surface area contributed by atoms with Gasteiger partial charge in [0.2, 0.25) is 10.0 Å². The molecule has 2 aromatic rings. The number of sulfonamides is 1. The third-order valence-corrected chi connectivity index (χ3v) is 6.77. The second-order valence-electron chi connectivity index (χ2n) is 7.01. The molecule has 1 saturated heterocycles. The van der Waals surface area contributed by atoms with E-state index in [4.69, 9.17) is 0 Å². The lowest BCUT2D eigenvalue weighted by Gasteiger charge is -2.33. The maximum absolute atomic E-state index is 12.2. The smallest absolute Gasteiger partial charge is 0.271 e. The van der Waals surface area contributed by atoms with E-state index < -0.39 is 10.0 Å². The summed E-state index contributed by atoms with van der Waals surface area (Å²) >= 11 is 0. The molecule has 3 rings (SSSR count). The fourth-order valence-corrected chi connectivity index (χ4v) is 4.08. The molecular weight excluding hydrogens is 378 g/mol. The fraction of sp³-hybridized carbons (Fsp3) is 0.421. The van der Waals surface area contributed by atoms with Gasteiger partial charge in [0, 0.05) is 51.8 Å². The molecule has 1 fully saturated rings. The topological polar surface area (TPSA) is 95.5 Å². The van der Waals surface area contributed by atoms with E-state index in [1.807, 2.05) is 12.1 Å². The maximum atomic E-state index is 12.2. The van der Waals surface area contributed by atoms with Crippen LogP contribution in [0.15, 0.2) is 47.8 Å². The molecule has 1 amide bonds. The summed E-state index contributed by atoms with van der Waals surface area (Å²) in [6, 6.07) is 7.01. The Bertz CT molecular complexity index is 893. The van der Waals surface area contributed by atoms with Crippen LogP contribution in [0, 0.1) is 5.92 Å². The second kappa shape index (κ2) is 8.66. The molecule has 28 heavy (non-hydrogen) atoms. The Labute approximate surface area is 165 Å². The summed E-state index contributed by atoms with van der Waals surface area (Å²) in [6.45, 7) is 2.35. The minimum atomic E-state index is -3.41. The summed E-state index contributed by atoms with van der Waals surface area (Å²) in [5.41, 5.74) is 1.34. The van der Waals surface area contributed by atoms with E-state index in [0.29, 0.717) is 23.1 Å². The first-order chi connectivity index (χ1) is 13.4. The predicted octanol–water partition coefficient (Wildman–Crippen LogP) is 1.37. The fourth-order valence-electron chi connectivity index (χ4n) is 3.18. The maximum Gasteiger partial charge on any atom is 0.271 e. The minimum Gasteiger partial charge on any atom is -0.372 e. The van der Waals surface area contributed by atoms with Gasteiger partial charge in [-0.15, -0.1) is 0 Å². The van der Waals surface area contributed by atoms with Crippen LogP contribution in [0.3, 0.4) is 0 Å². The van der Waals surface area contributed by atoms with Gasteiger partial charge in [-0.1, -0.05) is 0 Å². The molecule has 2 heterocycles. The van der Waals surface area contributed by atoms with Crippen LogP contribution in [-0.4, -0.2) is 62.3 Å². The number of piperidine rings is 1. The number of carbonyl (C=O) groups is 1. The zero-order chi connectivity index (χ0) is 20.1. The molecule has 0 unspecified atom stereocenters. The van der Waals surface area contributed by atoms with E-state index >= 15 is 0 Å². The average Bonchev–Trinajstić information content (AvgIpc) is 2.73. The highest BCUT2D eigenvalue weighted by atomic mass is 32.2. The molecule has 0 spiro atoms. The zero-order valence-electron chi connectivity index (χ0n) is 16.1. The number of rotatable bonds is 6. The summed E-state index contributed by atoms with van der Waals surface area (Å²) in [5.74, 6) is 0.207. The molecular formula is C19H25N5O3S. The molecule has 1 aromatic carbocycles. The van der Waals surface area contributed by atoms with E-state index in [1.165, 1.54) is 37.0 Å². The molecule has 150 valence electrons. The molecule has 1 aliphatic rings. The number of anilines is 1. The summed E-state index contributed by atoms with van der Waals surface area (Å²) < 4.78 is 25.5.